The number of ether oxygens (including phenoxy) is 2. The van der Waals surface area contributed by atoms with Crippen molar-refractivity contribution in [2.75, 3.05) is 13.2 Å². The van der Waals surface area contributed by atoms with E-state index in [1.54, 1.807) is 6.92 Å². The van der Waals surface area contributed by atoms with E-state index in [1.165, 1.54) is 0 Å². The van der Waals surface area contributed by atoms with Gasteiger partial charge in [0.25, 0.3) is 0 Å². The summed E-state index contributed by atoms with van der Waals surface area (Å²) in [5.74, 6) is 0.598. The molecule has 0 bridgehead atoms. The first kappa shape index (κ1) is 14.8. The normalized spacial score (nSPS) is 11.9. The Balaban J connectivity index is 2.52. The van der Waals surface area contributed by atoms with Crippen LogP contribution in [0.15, 0.2) is 24.3 Å². The fraction of sp³-hybridized carbons (Fsp3) is 0.500. The molecule has 1 atom stereocenters. The molecule has 0 aliphatic carbocycles. The van der Waals surface area contributed by atoms with Crippen LogP contribution < -0.4 is 4.74 Å². The Morgan fingerprint density at radius 2 is 2.11 bits per heavy atom. The molecule has 0 aliphatic rings. The Bertz CT molecular complexity index is 379. The van der Waals surface area contributed by atoms with Gasteiger partial charge in [0.2, 0.25) is 0 Å². The fourth-order valence-corrected chi connectivity index (χ4v) is 1.86. The lowest BCUT2D eigenvalue weighted by Gasteiger charge is -2.11. The Kier molecular flexibility index (Phi) is 6.58. The van der Waals surface area contributed by atoms with E-state index in [-0.39, 0.29) is 11.3 Å². The summed E-state index contributed by atoms with van der Waals surface area (Å²) in [6.45, 7) is 4.76. The van der Waals surface area contributed by atoms with Gasteiger partial charge in [-0.05, 0) is 38.0 Å². The van der Waals surface area contributed by atoms with Crippen molar-refractivity contribution in [2.24, 2.45) is 0 Å². The second-order valence-electron chi connectivity index (χ2n) is 3.82. The van der Waals surface area contributed by atoms with Crippen LogP contribution in [0.4, 0.5) is 0 Å². The second-order valence-corrected chi connectivity index (χ2v) is 4.34. The average molecular weight is 271 g/mol. The maximum Gasteiger partial charge on any atom is 0.305 e. The smallest absolute Gasteiger partial charge is 0.305 e. The summed E-state index contributed by atoms with van der Waals surface area (Å²) in [5, 5.41) is -0.199. The second kappa shape index (κ2) is 7.98. The average Bonchev–Trinajstić information content (AvgIpc) is 2.37. The lowest BCUT2D eigenvalue weighted by Crippen LogP contribution is -2.05. The maximum atomic E-state index is 11.2. The van der Waals surface area contributed by atoms with E-state index in [4.69, 9.17) is 21.1 Å². The zero-order valence-corrected chi connectivity index (χ0v) is 11.6. The van der Waals surface area contributed by atoms with Gasteiger partial charge in [0.1, 0.15) is 5.75 Å². The molecule has 0 amide bonds. The van der Waals surface area contributed by atoms with Gasteiger partial charge >= 0.3 is 5.97 Å². The van der Waals surface area contributed by atoms with E-state index in [1.807, 2.05) is 31.2 Å². The highest BCUT2D eigenvalue weighted by molar-refractivity contribution is 6.20. The summed E-state index contributed by atoms with van der Waals surface area (Å²) in [7, 11) is 0. The molecule has 0 saturated carbocycles. The molecule has 0 fully saturated rings. The Morgan fingerprint density at radius 3 is 2.78 bits per heavy atom. The Labute approximate surface area is 113 Å². The van der Waals surface area contributed by atoms with Crippen molar-refractivity contribution >= 4 is 17.6 Å². The topological polar surface area (TPSA) is 35.5 Å². The summed E-state index contributed by atoms with van der Waals surface area (Å²) < 4.78 is 10.3. The van der Waals surface area contributed by atoms with E-state index in [2.05, 4.69) is 0 Å². The highest BCUT2D eigenvalue weighted by atomic mass is 35.5. The molecule has 1 aromatic rings. The summed E-state index contributed by atoms with van der Waals surface area (Å²) in [6, 6.07) is 7.64. The SMILES string of the molecule is CCOC(=O)CCC(Cl)c1cccc(OCC)c1. The molecule has 1 unspecified atom stereocenters. The highest BCUT2D eigenvalue weighted by Gasteiger charge is 2.12. The summed E-state index contributed by atoms with van der Waals surface area (Å²) in [5.41, 5.74) is 0.965. The largest absolute Gasteiger partial charge is 0.494 e. The molecule has 100 valence electrons. The number of halogens is 1. The van der Waals surface area contributed by atoms with E-state index in [0.717, 1.165) is 11.3 Å². The van der Waals surface area contributed by atoms with Crippen molar-refractivity contribution in [2.45, 2.75) is 32.1 Å². The van der Waals surface area contributed by atoms with Gasteiger partial charge in [0, 0.05) is 6.42 Å². The molecule has 1 aromatic carbocycles. The van der Waals surface area contributed by atoms with Crippen LogP contribution in [-0.4, -0.2) is 19.2 Å². The van der Waals surface area contributed by atoms with E-state index < -0.39 is 0 Å². The zero-order valence-electron chi connectivity index (χ0n) is 10.8. The van der Waals surface area contributed by atoms with Crippen molar-refractivity contribution in [1.29, 1.82) is 0 Å². The maximum absolute atomic E-state index is 11.2. The molecule has 0 radical (unpaired) electrons. The van der Waals surface area contributed by atoms with Crippen LogP contribution in [0.3, 0.4) is 0 Å². The molecule has 0 heterocycles. The van der Waals surface area contributed by atoms with Crippen molar-refractivity contribution in [3.05, 3.63) is 29.8 Å². The number of carbonyl (C=O) groups is 1. The number of esters is 1. The minimum atomic E-state index is -0.205. The third-order valence-corrected chi connectivity index (χ3v) is 2.91. The van der Waals surface area contributed by atoms with Crippen LogP contribution in [0.5, 0.6) is 5.75 Å². The first-order valence-corrected chi connectivity index (χ1v) is 6.63. The molecule has 0 aromatic heterocycles. The van der Waals surface area contributed by atoms with E-state index >= 15 is 0 Å². The van der Waals surface area contributed by atoms with Gasteiger partial charge < -0.3 is 9.47 Å². The minimum absolute atomic E-state index is 0.199. The summed E-state index contributed by atoms with van der Waals surface area (Å²) in [6.07, 6.45) is 0.900. The standard InChI is InChI=1S/C14H19ClO3/c1-3-17-12-7-5-6-11(10-12)13(15)8-9-14(16)18-4-2/h5-7,10,13H,3-4,8-9H2,1-2H3. The molecule has 0 saturated heterocycles. The number of alkyl halides is 1. The molecule has 1 rings (SSSR count). The molecule has 0 aliphatic heterocycles. The number of rotatable bonds is 7. The van der Waals surface area contributed by atoms with Gasteiger partial charge in [0.05, 0.1) is 18.6 Å². The van der Waals surface area contributed by atoms with Crippen LogP contribution in [0.25, 0.3) is 0 Å². The summed E-state index contributed by atoms with van der Waals surface area (Å²) in [4.78, 5) is 11.2. The van der Waals surface area contributed by atoms with Gasteiger partial charge in [-0.15, -0.1) is 11.6 Å². The number of hydrogen-bond acceptors (Lipinski definition) is 3. The van der Waals surface area contributed by atoms with Crippen LogP contribution >= 0.6 is 11.6 Å². The highest BCUT2D eigenvalue weighted by Crippen LogP contribution is 2.28. The molecular weight excluding hydrogens is 252 g/mol. The van der Waals surface area contributed by atoms with Crippen LogP contribution in [0, 0.1) is 0 Å². The molecule has 0 N–H and O–H groups in total. The van der Waals surface area contributed by atoms with E-state index in [0.29, 0.717) is 26.1 Å². The lowest BCUT2D eigenvalue weighted by atomic mass is 10.1. The third kappa shape index (κ3) is 4.96. The quantitative estimate of drug-likeness (QED) is 0.560. The molecule has 0 spiro atoms. The predicted octanol–water partition coefficient (Wildman–Crippen LogP) is 3.71. The molecular formula is C14H19ClO3. The van der Waals surface area contributed by atoms with Crippen LogP contribution in [0.1, 0.15) is 37.6 Å². The third-order valence-electron chi connectivity index (χ3n) is 2.44. The van der Waals surface area contributed by atoms with Crippen molar-refractivity contribution < 1.29 is 14.3 Å². The number of carbonyl (C=O) groups excluding carboxylic acids is 1. The van der Waals surface area contributed by atoms with Crippen molar-refractivity contribution in [1.82, 2.24) is 0 Å². The monoisotopic (exact) mass is 270 g/mol. The van der Waals surface area contributed by atoms with Gasteiger partial charge in [-0.1, -0.05) is 12.1 Å². The first-order chi connectivity index (χ1) is 8.67. The van der Waals surface area contributed by atoms with E-state index in [9.17, 15) is 4.79 Å². The van der Waals surface area contributed by atoms with Crippen LogP contribution in [0.2, 0.25) is 0 Å². The van der Waals surface area contributed by atoms with Gasteiger partial charge in [-0.25, -0.2) is 0 Å². The summed E-state index contributed by atoms with van der Waals surface area (Å²) >= 11 is 6.26. The Hall–Kier alpha value is -1.22. The van der Waals surface area contributed by atoms with Gasteiger partial charge in [-0.2, -0.15) is 0 Å². The van der Waals surface area contributed by atoms with Gasteiger partial charge in [-0.3, -0.25) is 4.79 Å². The number of benzene rings is 1. The predicted molar refractivity (Wildman–Crippen MR) is 72.1 cm³/mol. The fourth-order valence-electron chi connectivity index (χ4n) is 1.61. The van der Waals surface area contributed by atoms with Crippen LogP contribution in [-0.2, 0) is 9.53 Å². The number of hydrogen-bond donors (Lipinski definition) is 0. The lowest BCUT2D eigenvalue weighted by molar-refractivity contribution is -0.143. The van der Waals surface area contributed by atoms with Gasteiger partial charge in [0.15, 0.2) is 0 Å². The van der Waals surface area contributed by atoms with Crippen molar-refractivity contribution in [3.63, 3.8) is 0 Å². The molecule has 18 heavy (non-hydrogen) atoms. The zero-order chi connectivity index (χ0) is 13.4. The minimum Gasteiger partial charge on any atom is -0.494 e. The molecule has 4 heteroatoms. The Morgan fingerprint density at radius 1 is 1.33 bits per heavy atom. The first-order valence-electron chi connectivity index (χ1n) is 6.19. The molecule has 3 nitrogen and oxygen atoms in total. The van der Waals surface area contributed by atoms with Crippen molar-refractivity contribution in [3.8, 4) is 5.75 Å².